The smallest absolute Gasteiger partial charge is 0.135 e. The normalized spacial score (nSPS) is 15.8. The highest BCUT2D eigenvalue weighted by Crippen LogP contribution is 2.62. The van der Waals surface area contributed by atoms with Crippen LogP contribution >= 0.6 is 0 Å². The van der Waals surface area contributed by atoms with Crippen molar-refractivity contribution in [1.82, 2.24) is 5.32 Å². The fraction of sp³-hybridized carbons (Fsp3) is 0.0377. The largest absolute Gasteiger partial charge is 0.457 e. The summed E-state index contributed by atoms with van der Waals surface area (Å²) in [5.41, 5.74) is 14.9. The van der Waals surface area contributed by atoms with E-state index < -0.39 is 5.41 Å². The zero-order chi connectivity index (χ0) is 37.5. The number of nitrogens with zero attached hydrogens (tertiary/aromatic N) is 1. The second-order valence-electron chi connectivity index (χ2n) is 15.1. The molecule has 8 aromatic carbocycles. The maximum atomic E-state index is 6.89. The standard InChI is InChI=1S/C53H34N2O2/c1-2-14-33(15-3-1)52-54-46(35-26-28-41-40-20-8-12-24-48(40)56-50(41)31-35)32-47(55-52)39-19-5-4-16-36(39)34-27-29-45-51(30-34)57-49-25-13-11-23-44(49)53(45)42-21-9-6-17-37(42)38-18-7-10-22-43(38)53/h1-32,46H,(H,54,55). The van der Waals surface area contributed by atoms with E-state index in [1.54, 1.807) is 0 Å². The highest BCUT2D eigenvalue weighted by molar-refractivity contribution is 6.06. The summed E-state index contributed by atoms with van der Waals surface area (Å²) in [5.74, 6) is 2.56. The van der Waals surface area contributed by atoms with Crippen molar-refractivity contribution in [2.45, 2.75) is 11.5 Å². The van der Waals surface area contributed by atoms with E-state index in [0.29, 0.717) is 0 Å². The Morgan fingerprint density at radius 2 is 1.09 bits per heavy atom. The molecule has 0 saturated carbocycles. The lowest BCUT2D eigenvalue weighted by molar-refractivity contribution is 0.436. The Labute approximate surface area is 330 Å². The minimum Gasteiger partial charge on any atom is -0.457 e. The molecule has 1 spiro atoms. The maximum Gasteiger partial charge on any atom is 0.135 e. The average molecular weight is 731 g/mol. The highest BCUT2D eigenvalue weighted by atomic mass is 16.5. The molecule has 268 valence electrons. The molecule has 0 radical (unpaired) electrons. The lowest BCUT2D eigenvalue weighted by Gasteiger charge is -2.39. The van der Waals surface area contributed by atoms with E-state index in [0.717, 1.165) is 83.9 Å². The SMILES string of the molecule is C1=C(c2ccccc2-c2ccc3c(c2)Oc2ccccc2C32c3ccccc3-c3ccccc32)N=C(c2ccccc2)NC1c1ccc2c(c1)oc1ccccc12. The van der Waals surface area contributed by atoms with Crippen molar-refractivity contribution in [2.75, 3.05) is 0 Å². The van der Waals surface area contributed by atoms with Gasteiger partial charge in [0.15, 0.2) is 0 Å². The predicted octanol–water partition coefficient (Wildman–Crippen LogP) is 12.9. The molecule has 1 aliphatic carbocycles. The van der Waals surface area contributed by atoms with E-state index in [2.05, 4.69) is 181 Å². The van der Waals surface area contributed by atoms with Gasteiger partial charge in [-0.25, -0.2) is 4.99 Å². The molecule has 3 heterocycles. The van der Waals surface area contributed by atoms with E-state index in [-0.39, 0.29) is 6.04 Å². The maximum absolute atomic E-state index is 6.89. The summed E-state index contributed by atoms with van der Waals surface area (Å²) < 4.78 is 13.2. The predicted molar refractivity (Wildman–Crippen MR) is 230 cm³/mol. The van der Waals surface area contributed by atoms with Gasteiger partial charge in [-0.15, -0.1) is 0 Å². The molecule has 1 unspecified atom stereocenters. The molecule has 4 heteroatoms. The summed E-state index contributed by atoms with van der Waals surface area (Å²) in [6, 6.07) is 66.5. The molecule has 0 bridgehead atoms. The zero-order valence-electron chi connectivity index (χ0n) is 30.8. The molecule has 2 aliphatic heterocycles. The van der Waals surface area contributed by atoms with Crippen LogP contribution in [0.4, 0.5) is 0 Å². The van der Waals surface area contributed by atoms with Crippen LogP contribution in [0.2, 0.25) is 0 Å². The van der Waals surface area contributed by atoms with E-state index in [9.17, 15) is 0 Å². The lowest BCUT2D eigenvalue weighted by Crippen LogP contribution is -2.32. The fourth-order valence-corrected chi connectivity index (χ4v) is 9.53. The Kier molecular flexibility index (Phi) is 6.87. The summed E-state index contributed by atoms with van der Waals surface area (Å²) in [5, 5.41) is 5.98. The molecule has 1 aromatic heterocycles. The molecular weight excluding hydrogens is 697 g/mol. The van der Waals surface area contributed by atoms with Gasteiger partial charge in [-0.1, -0.05) is 164 Å². The first-order valence-electron chi connectivity index (χ1n) is 19.5. The fourth-order valence-electron chi connectivity index (χ4n) is 9.53. The summed E-state index contributed by atoms with van der Waals surface area (Å²) in [4.78, 5) is 5.32. The number of furan rings is 1. The van der Waals surface area contributed by atoms with Crippen molar-refractivity contribution in [2.24, 2.45) is 4.99 Å². The Bertz CT molecular complexity index is 3110. The van der Waals surface area contributed by atoms with Crippen LogP contribution in [0, 0.1) is 0 Å². The number of hydrogen-bond donors (Lipinski definition) is 1. The molecule has 0 amide bonds. The first kappa shape index (κ1) is 31.9. The number of para-hydroxylation sites is 2. The topological polar surface area (TPSA) is 46.8 Å². The number of nitrogens with one attached hydrogen (secondary N) is 1. The van der Waals surface area contributed by atoms with Crippen LogP contribution in [0.25, 0.3) is 49.9 Å². The van der Waals surface area contributed by atoms with Crippen LogP contribution in [-0.2, 0) is 5.41 Å². The van der Waals surface area contributed by atoms with Gasteiger partial charge in [0.1, 0.15) is 28.5 Å². The van der Waals surface area contributed by atoms with E-state index in [1.807, 2.05) is 18.2 Å². The summed E-state index contributed by atoms with van der Waals surface area (Å²) in [7, 11) is 0. The molecule has 0 fully saturated rings. The van der Waals surface area contributed by atoms with Gasteiger partial charge < -0.3 is 14.5 Å². The highest BCUT2D eigenvalue weighted by Gasteiger charge is 2.50. The first-order valence-corrected chi connectivity index (χ1v) is 19.5. The van der Waals surface area contributed by atoms with Crippen LogP contribution in [0.15, 0.2) is 204 Å². The molecule has 1 N–H and O–H groups in total. The molecule has 4 nitrogen and oxygen atoms in total. The van der Waals surface area contributed by atoms with Crippen molar-refractivity contribution in [3.63, 3.8) is 0 Å². The number of hydrogen-bond acceptors (Lipinski definition) is 4. The van der Waals surface area contributed by atoms with Crippen LogP contribution in [-0.4, -0.2) is 5.84 Å². The molecule has 9 aromatic rings. The zero-order valence-corrected chi connectivity index (χ0v) is 30.8. The van der Waals surface area contributed by atoms with Gasteiger partial charge in [0.25, 0.3) is 0 Å². The minimum atomic E-state index is -0.504. The lowest BCUT2D eigenvalue weighted by atomic mass is 9.66. The third-order valence-corrected chi connectivity index (χ3v) is 12.0. The quantitative estimate of drug-likeness (QED) is 0.196. The Hall–Kier alpha value is -7.43. The number of benzene rings is 8. The van der Waals surface area contributed by atoms with Crippen LogP contribution in [0.3, 0.4) is 0 Å². The van der Waals surface area contributed by atoms with Crippen molar-refractivity contribution >= 4 is 33.5 Å². The molecule has 57 heavy (non-hydrogen) atoms. The molecule has 3 aliphatic rings. The monoisotopic (exact) mass is 730 g/mol. The van der Waals surface area contributed by atoms with Crippen molar-refractivity contribution < 1.29 is 9.15 Å². The molecule has 12 rings (SSSR count). The summed E-state index contributed by atoms with van der Waals surface area (Å²) in [6.45, 7) is 0. The Balaban J connectivity index is 1.02. The molecule has 1 atom stereocenters. The van der Waals surface area contributed by atoms with E-state index in [4.69, 9.17) is 14.1 Å². The van der Waals surface area contributed by atoms with Gasteiger partial charge in [-0.3, -0.25) is 0 Å². The van der Waals surface area contributed by atoms with Gasteiger partial charge in [0, 0.05) is 33.0 Å². The van der Waals surface area contributed by atoms with Gasteiger partial charge in [-0.2, -0.15) is 0 Å². The molecular formula is C53H34N2O2. The third kappa shape index (κ3) is 4.71. The summed E-state index contributed by atoms with van der Waals surface area (Å²) >= 11 is 0. The first-order chi connectivity index (χ1) is 28.2. The number of amidine groups is 1. The van der Waals surface area contributed by atoms with Gasteiger partial charge >= 0.3 is 0 Å². The minimum absolute atomic E-state index is 0.149. The van der Waals surface area contributed by atoms with Gasteiger partial charge in [0.05, 0.1) is 17.2 Å². The Morgan fingerprint density at radius 1 is 0.456 bits per heavy atom. The van der Waals surface area contributed by atoms with Crippen LogP contribution in [0.1, 0.15) is 45.0 Å². The van der Waals surface area contributed by atoms with Crippen molar-refractivity contribution in [3.8, 4) is 33.8 Å². The summed E-state index contributed by atoms with van der Waals surface area (Å²) in [6.07, 6.45) is 2.24. The van der Waals surface area contributed by atoms with Crippen LogP contribution < -0.4 is 10.1 Å². The van der Waals surface area contributed by atoms with E-state index >= 15 is 0 Å². The Morgan fingerprint density at radius 3 is 1.89 bits per heavy atom. The number of aliphatic imine (C=N–C) groups is 1. The average Bonchev–Trinajstić information content (AvgIpc) is 3.80. The number of ether oxygens (including phenoxy) is 1. The van der Waals surface area contributed by atoms with Crippen molar-refractivity contribution in [1.29, 1.82) is 0 Å². The molecule has 0 saturated heterocycles. The third-order valence-electron chi connectivity index (χ3n) is 12.0. The van der Waals surface area contributed by atoms with Crippen LogP contribution in [0.5, 0.6) is 11.5 Å². The number of fused-ring (bicyclic) bond motifs is 12. The van der Waals surface area contributed by atoms with Gasteiger partial charge in [0.2, 0.25) is 0 Å². The van der Waals surface area contributed by atoms with Gasteiger partial charge in [-0.05, 0) is 69.3 Å². The second kappa shape index (κ2) is 12.3. The second-order valence-corrected chi connectivity index (χ2v) is 15.1. The van der Waals surface area contributed by atoms with Crippen molar-refractivity contribution in [3.05, 3.63) is 233 Å². The van der Waals surface area contributed by atoms with E-state index in [1.165, 1.54) is 22.3 Å². The number of rotatable bonds is 4.